The number of aliphatic hydroxyl groups is 1. The summed E-state index contributed by atoms with van der Waals surface area (Å²) >= 11 is 0. The van der Waals surface area contributed by atoms with Crippen molar-refractivity contribution in [1.82, 2.24) is 10.2 Å². The quantitative estimate of drug-likeness (QED) is 0.689. The van der Waals surface area contributed by atoms with Crippen molar-refractivity contribution in [2.24, 2.45) is 0 Å². The van der Waals surface area contributed by atoms with E-state index in [4.69, 9.17) is 5.11 Å². The molecular weight excluding hydrogens is 208 g/mol. The molecule has 0 aromatic heterocycles. The summed E-state index contributed by atoms with van der Waals surface area (Å²) in [5.41, 5.74) is 0. The first-order valence-electron chi connectivity index (χ1n) is 5.89. The smallest absolute Gasteiger partial charge is 0.241 e. The third-order valence-corrected chi connectivity index (χ3v) is 2.71. The Kier molecular flexibility index (Phi) is 5.85. The van der Waals surface area contributed by atoms with Crippen LogP contribution in [0.2, 0.25) is 0 Å². The van der Waals surface area contributed by atoms with E-state index >= 15 is 0 Å². The largest absolute Gasteiger partial charge is 0.396 e. The minimum Gasteiger partial charge on any atom is -0.396 e. The molecule has 1 fully saturated rings. The molecule has 1 aliphatic rings. The van der Waals surface area contributed by atoms with Gasteiger partial charge in [0.25, 0.3) is 0 Å². The van der Waals surface area contributed by atoms with Gasteiger partial charge in [-0.2, -0.15) is 0 Å². The van der Waals surface area contributed by atoms with Gasteiger partial charge >= 0.3 is 0 Å². The molecule has 0 aromatic rings. The lowest BCUT2D eigenvalue weighted by molar-refractivity contribution is -0.133. The Morgan fingerprint density at radius 2 is 1.88 bits per heavy atom. The number of carbonyl (C=O) groups is 2. The first kappa shape index (κ1) is 13.0. The Morgan fingerprint density at radius 3 is 2.50 bits per heavy atom. The van der Waals surface area contributed by atoms with Crippen LogP contribution < -0.4 is 5.32 Å². The van der Waals surface area contributed by atoms with Crippen LogP contribution >= 0.6 is 0 Å². The summed E-state index contributed by atoms with van der Waals surface area (Å²) in [4.78, 5) is 24.6. The second kappa shape index (κ2) is 7.22. The Bertz CT molecular complexity index is 237. The predicted molar refractivity (Wildman–Crippen MR) is 59.8 cm³/mol. The molecule has 5 heteroatoms. The second-order valence-corrected chi connectivity index (χ2v) is 4.05. The van der Waals surface area contributed by atoms with Gasteiger partial charge in [-0.25, -0.2) is 0 Å². The van der Waals surface area contributed by atoms with Crippen LogP contribution in [-0.2, 0) is 9.59 Å². The second-order valence-electron chi connectivity index (χ2n) is 4.05. The van der Waals surface area contributed by atoms with Crippen molar-refractivity contribution in [1.29, 1.82) is 0 Å². The third-order valence-electron chi connectivity index (χ3n) is 2.71. The van der Waals surface area contributed by atoms with Crippen molar-refractivity contribution in [2.75, 3.05) is 26.2 Å². The fourth-order valence-corrected chi connectivity index (χ4v) is 1.76. The highest BCUT2D eigenvalue weighted by atomic mass is 16.3. The average molecular weight is 228 g/mol. The number of nitrogens with zero attached hydrogens (tertiary/aromatic N) is 1. The van der Waals surface area contributed by atoms with Crippen molar-refractivity contribution in [3.8, 4) is 0 Å². The summed E-state index contributed by atoms with van der Waals surface area (Å²) in [6.45, 7) is 1.72. The normalized spacial score (nSPS) is 15.9. The van der Waals surface area contributed by atoms with Crippen LogP contribution in [0.4, 0.5) is 0 Å². The highest BCUT2D eigenvalue weighted by molar-refractivity contribution is 5.84. The molecule has 2 N–H and O–H groups in total. The van der Waals surface area contributed by atoms with Gasteiger partial charge < -0.3 is 15.3 Å². The molecule has 1 heterocycles. The summed E-state index contributed by atoms with van der Waals surface area (Å²) in [6.07, 6.45) is 4.04. The van der Waals surface area contributed by atoms with Crippen LogP contribution in [0.1, 0.15) is 32.1 Å². The fourth-order valence-electron chi connectivity index (χ4n) is 1.76. The summed E-state index contributed by atoms with van der Waals surface area (Å²) < 4.78 is 0. The lowest BCUT2D eigenvalue weighted by atomic mass is 10.1. The van der Waals surface area contributed by atoms with Gasteiger partial charge in [0, 0.05) is 26.1 Å². The summed E-state index contributed by atoms with van der Waals surface area (Å²) in [7, 11) is 0. The zero-order chi connectivity index (χ0) is 11.8. The molecule has 5 nitrogen and oxygen atoms in total. The molecule has 0 atom stereocenters. The Labute approximate surface area is 95.8 Å². The molecule has 0 spiro atoms. The average Bonchev–Trinajstić information content (AvgIpc) is 2.34. The van der Waals surface area contributed by atoms with E-state index in [1.807, 2.05) is 0 Å². The van der Waals surface area contributed by atoms with Crippen LogP contribution in [0, 0.1) is 0 Å². The van der Waals surface area contributed by atoms with E-state index in [1.165, 1.54) is 6.42 Å². The molecule has 1 rings (SSSR count). The zero-order valence-electron chi connectivity index (χ0n) is 9.57. The molecule has 1 saturated heterocycles. The third kappa shape index (κ3) is 4.61. The standard InChI is InChI=1S/C11H20N2O3/c14-8-4-5-10(15)12-9-11(16)13-6-2-1-3-7-13/h14H,1-9H2,(H,12,15). The van der Waals surface area contributed by atoms with Crippen LogP contribution in [0.5, 0.6) is 0 Å². The number of aliphatic hydroxyl groups excluding tert-OH is 1. The topological polar surface area (TPSA) is 69.6 Å². The van der Waals surface area contributed by atoms with E-state index in [0.717, 1.165) is 25.9 Å². The summed E-state index contributed by atoms with van der Waals surface area (Å²) in [5.74, 6) is -0.170. The number of rotatable bonds is 5. The SMILES string of the molecule is O=C(CCCO)NCC(=O)N1CCCCC1. The lowest BCUT2D eigenvalue weighted by Crippen LogP contribution is -2.42. The van der Waals surface area contributed by atoms with E-state index < -0.39 is 0 Å². The highest BCUT2D eigenvalue weighted by Gasteiger charge is 2.16. The number of carbonyl (C=O) groups excluding carboxylic acids is 2. The van der Waals surface area contributed by atoms with Crippen molar-refractivity contribution >= 4 is 11.8 Å². The van der Waals surface area contributed by atoms with Gasteiger partial charge in [-0.1, -0.05) is 0 Å². The molecule has 0 saturated carbocycles. The number of piperidine rings is 1. The van der Waals surface area contributed by atoms with E-state index in [9.17, 15) is 9.59 Å². The Hall–Kier alpha value is -1.10. The molecule has 92 valence electrons. The van der Waals surface area contributed by atoms with Crippen molar-refractivity contribution < 1.29 is 14.7 Å². The monoisotopic (exact) mass is 228 g/mol. The molecule has 0 bridgehead atoms. The predicted octanol–water partition coefficient (Wildman–Crippen LogP) is -0.112. The van der Waals surface area contributed by atoms with Crippen LogP contribution in [0.15, 0.2) is 0 Å². The molecule has 0 aromatic carbocycles. The number of amides is 2. The van der Waals surface area contributed by atoms with E-state index in [1.54, 1.807) is 4.90 Å². The van der Waals surface area contributed by atoms with Gasteiger partial charge in [0.1, 0.15) is 0 Å². The minimum atomic E-state index is -0.167. The summed E-state index contributed by atoms with van der Waals surface area (Å²) in [6, 6.07) is 0. The van der Waals surface area contributed by atoms with Crippen LogP contribution in [0.25, 0.3) is 0 Å². The zero-order valence-corrected chi connectivity index (χ0v) is 9.57. The van der Waals surface area contributed by atoms with Crippen molar-refractivity contribution in [2.45, 2.75) is 32.1 Å². The molecule has 2 amide bonds. The first-order valence-corrected chi connectivity index (χ1v) is 5.89. The highest BCUT2D eigenvalue weighted by Crippen LogP contribution is 2.08. The van der Waals surface area contributed by atoms with Crippen molar-refractivity contribution in [3.63, 3.8) is 0 Å². The maximum Gasteiger partial charge on any atom is 0.241 e. The minimum absolute atomic E-state index is 0.00273. The van der Waals surface area contributed by atoms with E-state index in [2.05, 4.69) is 5.32 Å². The Balaban J connectivity index is 2.15. The van der Waals surface area contributed by atoms with E-state index in [0.29, 0.717) is 6.42 Å². The molecular formula is C11H20N2O3. The molecule has 16 heavy (non-hydrogen) atoms. The molecule has 0 radical (unpaired) electrons. The number of nitrogens with one attached hydrogen (secondary N) is 1. The van der Waals surface area contributed by atoms with Gasteiger partial charge in [-0.05, 0) is 25.7 Å². The maximum atomic E-state index is 11.6. The number of likely N-dealkylation sites (tertiary alicyclic amines) is 1. The van der Waals surface area contributed by atoms with Gasteiger partial charge in [0.2, 0.25) is 11.8 Å². The van der Waals surface area contributed by atoms with Gasteiger partial charge in [-0.15, -0.1) is 0 Å². The number of hydrogen-bond donors (Lipinski definition) is 2. The fraction of sp³-hybridized carbons (Fsp3) is 0.818. The van der Waals surface area contributed by atoms with Gasteiger partial charge in [0.05, 0.1) is 6.54 Å². The number of hydrogen-bond acceptors (Lipinski definition) is 3. The van der Waals surface area contributed by atoms with Gasteiger partial charge in [0.15, 0.2) is 0 Å². The van der Waals surface area contributed by atoms with Gasteiger partial charge in [-0.3, -0.25) is 9.59 Å². The molecule has 0 unspecified atom stereocenters. The van der Waals surface area contributed by atoms with Crippen molar-refractivity contribution in [3.05, 3.63) is 0 Å². The molecule has 0 aliphatic carbocycles. The lowest BCUT2D eigenvalue weighted by Gasteiger charge is -2.26. The van der Waals surface area contributed by atoms with E-state index in [-0.39, 0.29) is 31.4 Å². The first-order chi connectivity index (χ1) is 7.74. The van der Waals surface area contributed by atoms with Crippen LogP contribution in [-0.4, -0.2) is 48.1 Å². The maximum absolute atomic E-state index is 11.6. The summed E-state index contributed by atoms with van der Waals surface area (Å²) in [5, 5.41) is 11.1. The van der Waals surface area contributed by atoms with Crippen LogP contribution in [0.3, 0.4) is 0 Å². The molecule has 1 aliphatic heterocycles. The Morgan fingerprint density at radius 1 is 1.19 bits per heavy atom.